The van der Waals surface area contributed by atoms with Gasteiger partial charge in [-0.1, -0.05) is 12.1 Å². The Kier molecular flexibility index (Phi) is 3.87. The lowest BCUT2D eigenvalue weighted by Gasteiger charge is -2.15. The standard InChI is InChI=1S/C17H18N4O/c1-3-21-15-9-5-4-8-14(15)20-16(21)12(2)19-17(22)13-7-6-10-18-11-13/h4-12H,3H2,1-2H3,(H,19,22). The second kappa shape index (κ2) is 5.97. The molecule has 1 atom stereocenters. The molecule has 1 aromatic carbocycles. The molecule has 5 nitrogen and oxygen atoms in total. The highest BCUT2D eigenvalue weighted by Crippen LogP contribution is 2.20. The third kappa shape index (κ3) is 2.57. The van der Waals surface area contributed by atoms with Crippen molar-refractivity contribution in [2.24, 2.45) is 0 Å². The van der Waals surface area contributed by atoms with E-state index in [1.165, 1.54) is 0 Å². The van der Waals surface area contributed by atoms with Crippen LogP contribution >= 0.6 is 0 Å². The van der Waals surface area contributed by atoms with Crippen molar-refractivity contribution in [2.45, 2.75) is 26.4 Å². The van der Waals surface area contributed by atoms with E-state index >= 15 is 0 Å². The van der Waals surface area contributed by atoms with Gasteiger partial charge in [-0.05, 0) is 38.1 Å². The summed E-state index contributed by atoms with van der Waals surface area (Å²) >= 11 is 0. The summed E-state index contributed by atoms with van der Waals surface area (Å²) in [7, 11) is 0. The minimum atomic E-state index is -0.181. The molecule has 0 aliphatic heterocycles. The zero-order valence-electron chi connectivity index (χ0n) is 12.7. The van der Waals surface area contributed by atoms with Crippen LogP contribution in [0.15, 0.2) is 48.8 Å². The summed E-state index contributed by atoms with van der Waals surface area (Å²) in [5.41, 5.74) is 2.58. The molecule has 3 aromatic rings. The molecule has 0 bridgehead atoms. The Morgan fingerprint density at radius 3 is 2.82 bits per heavy atom. The number of amides is 1. The van der Waals surface area contributed by atoms with E-state index in [1.807, 2.05) is 31.2 Å². The third-order valence-corrected chi connectivity index (χ3v) is 3.66. The van der Waals surface area contributed by atoms with Crippen molar-refractivity contribution in [1.29, 1.82) is 0 Å². The Morgan fingerprint density at radius 1 is 1.27 bits per heavy atom. The fraction of sp³-hybridized carbons (Fsp3) is 0.235. The van der Waals surface area contributed by atoms with Gasteiger partial charge >= 0.3 is 0 Å². The molecule has 0 saturated carbocycles. The van der Waals surface area contributed by atoms with Crippen LogP contribution in [0.4, 0.5) is 0 Å². The summed E-state index contributed by atoms with van der Waals surface area (Å²) in [6.07, 6.45) is 3.21. The quantitative estimate of drug-likeness (QED) is 0.805. The van der Waals surface area contributed by atoms with E-state index in [4.69, 9.17) is 0 Å². The Bertz CT molecular complexity index is 795. The molecule has 5 heteroatoms. The molecule has 1 unspecified atom stereocenters. The fourth-order valence-corrected chi connectivity index (χ4v) is 2.60. The molecular weight excluding hydrogens is 276 g/mol. The number of hydrogen-bond acceptors (Lipinski definition) is 3. The third-order valence-electron chi connectivity index (χ3n) is 3.66. The number of imidazole rings is 1. The van der Waals surface area contributed by atoms with Crippen molar-refractivity contribution in [2.75, 3.05) is 0 Å². The topological polar surface area (TPSA) is 59.8 Å². The summed E-state index contributed by atoms with van der Waals surface area (Å²) in [6, 6.07) is 11.3. The van der Waals surface area contributed by atoms with E-state index in [-0.39, 0.29) is 11.9 Å². The lowest BCUT2D eigenvalue weighted by Crippen LogP contribution is -2.28. The van der Waals surface area contributed by atoms with Gasteiger partial charge in [0, 0.05) is 18.9 Å². The van der Waals surface area contributed by atoms with Gasteiger partial charge in [0.25, 0.3) is 5.91 Å². The molecule has 112 valence electrons. The first-order valence-corrected chi connectivity index (χ1v) is 7.36. The number of nitrogens with zero attached hydrogens (tertiary/aromatic N) is 3. The molecule has 1 amide bonds. The second-order valence-electron chi connectivity index (χ2n) is 5.14. The first-order chi connectivity index (χ1) is 10.7. The monoisotopic (exact) mass is 294 g/mol. The van der Waals surface area contributed by atoms with Crippen molar-refractivity contribution in [3.63, 3.8) is 0 Å². The van der Waals surface area contributed by atoms with Gasteiger partial charge in [0.15, 0.2) is 0 Å². The molecule has 0 saturated heterocycles. The van der Waals surface area contributed by atoms with E-state index in [0.717, 1.165) is 23.4 Å². The van der Waals surface area contributed by atoms with Gasteiger partial charge in [-0.2, -0.15) is 0 Å². The second-order valence-corrected chi connectivity index (χ2v) is 5.14. The SMILES string of the molecule is CCn1c(C(C)NC(=O)c2cccnc2)nc2ccccc21. The van der Waals surface area contributed by atoms with Crippen LogP contribution in [0.2, 0.25) is 0 Å². The molecule has 3 rings (SSSR count). The zero-order valence-corrected chi connectivity index (χ0v) is 12.7. The lowest BCUT2D eigenvalue weighted by atomic mass is 10.2. The maximum atomic E-state index is 12.3. The van der Waals surface area contributed by atoms with Gasteiger partial charge in [0.1, 0.15) is 5.82 Å². The molecule has 1 N–H and O–H groups in total. The predicted molar refractivity (Wildman–Crippen MR) is 85.5 cm³/mol. The molecular formula is C17H18N4O. The minimum absolute atomic E-state index is 0.143. The largest absolute Gasteiger partial charge is 0.342 e. The smallest absolute Gasteiger partial charge is 0.253 e. The van der Waals surface area contributed by atoms with E-state index in [1.54, 1.807) is 24.5 Å². The average molecular weight is 294 g/mol. The van der Waals surface area contributed by atoms with Crippen molar-refractivity contribution < 1.29 is 4.79 Å². The van der Waals surface area contributed by atoms with Crippen LogP contribution < -0.4 is 5.32 Å². The Balaban J connectivity index is 1.89. The summed E-state index contributed by atoms with van der Waals surface area (Å²) in [6.45, 7) is 4.83. The number of para-hydroxylation sites is 2. The lowest BCUT2D eigenvalue weighted by molar-refractivity contribution is 0.0937. The number of carbonyl (C=O) groups excluding carboxylic acids is 1. The van der Waals surface area contributed by atoms with Gasteiger partial charge < -0.3 is 9.88 Å². The molecule has 2 aromatic heterocycles. The number of benzene rings is 1. The van der Waals surface area contributed by atoms with Crippen LogP contribution in [0.5, 0.6) is 0 Å². The van der Waals surface area contributed by atoms with Crippen molar-refractivity contribution in [1.82, 2.24) is 19.9 Å². The van der Waals surface area contributed by atoms with Gasteiger partial charge in [0.05, 0.1) is 22.6 Å². The molecule has 0 aliphatic rings. The van der Waals surface area contributed by atoms with Crippen LogP contribution in [-0.2, 0) is 6.54 Å². The van der Waals surface area contributed by atoms with E-state index in [2.05, 4.69) is 26.8 Å². The first kappa shape index (κ1) is 14.3. The zero-order chi connectivity index (χ0) is 15.5. The molecule has 0 spiro atoms. The summed E-state index contributed by atoms with van der Waals surface area (Å²) in [4.78, 5) is 20.9. The van der Waals surface area contributed by atoms with Crippen molar-refractivity contribution in [3.05, 3.63) is 60.2 Å². The molecule has 0 radical (unpaired) electrons. The van der Waals surface area contributed by atoms with Gasteiger partial charge in [-0.15, -0.1) is 0 Å². The number of hydrogen-bond donors (Lipinski definition) is 1. The average Bonchev–Trinajstić information content (AvgIpc) is 2.94. The summed E-state index contributed by atoms with van der Waals surface area (Å²) < 4.78 is 2.13. The summed E-state index contributed by atoms with van der Waals surface area (Å²) in [5, 5.41) is 2.99. The first-order valence-electron chi connectivity index (χ1n) is 7.36. The fourth-order valence-electron chi connectivity index (χ4n) is 2.60. The van der Waals surface area contributed by atoms with E-state index < -0.39 is 0 Å². The molecule has 0 fully saturated rings. The number of aromatic nitrogens is 3. The van der Waals surface area contributed by atoms with Crippen LogP contribution in [0.1, 0.15) is 36.1 Å². The van der Waals surface area contributed by atoms with Crippen LogP contribution in [-0.4, -0.2) is 20.4 Å². The number of fused-ring (bicyclic) bond motifs is 1. The number of pyridine rings is 1. The van der Waals surface area contributed by atoms with Gasteiger partial charge in [0.2, 0.25) is 0 Å². The molecule has 22 heavy (non-hydrogen) atoms. The Morgan fingerprint density at radius 2 is 2.09 bits per heavy atom. The van der Waals surface area contributed by atoms with Crippen LogP contribution in [0.3, 0.4) is 0 Å². The minimum Gasteiger partial charge on any atom is -0.342 e. The Hall–Kier alpha value is -2.69. The van der Waals surface area contributed by atoms with Gasteiger partial charge in [-0.3, -0.25) is 9.78 Å². The Labute approximate surface area is 129 Å². The number of rotatable bonds is 4. The maximum Gasteiger partial charge on any atom is 0.253 e. The highest BCUT2D eigenvalue weighted by atomic mass is 16.1. The van der Waals surface area contributed by atoms with E-state index in [9.17, 15) is 4.79 Å². The van der Waals surface area contributed by atoms with E-state index in [0.29, 0.717) is 5.56 Å². The molecule has 0 aliphatic carbocycles. The highest BCUT2D eigenvalue weighted by Gasteiger charge is 2.18. The predicted octanol–water partition coefficient (Wildman–Crippen LogP) is 2.94. The van der Waals surface area contributed by atoms with Crippen molar-refractivity contribution >= 4 is 16.9 Å². The van der Waals surface area contributed by atoms with Crippen LogP contribution in [0, 0.1) is 0 Å². The number of nitrogens with one attached hydrogen (secondary N) is 1. The summed E-state index contributed by atoms with van der Waals surface area (Å²) in [5.74, 6) is 0.719. The van der Waals surface area contributed by atoms with Crippen LogP contribution in [0.25, 0.3) is 11.0 Å². The molecule has 2 heterocycles. The van der Waals surface area contributed by atoms with Crippen molar-refractivity contribution in [3.8, 4) is 0 Å². The highest BCUT2D eigenvalue weighted by molar-refractivity contribution is 5.94. The van der Waals surface area contributed by atoms with Gasteiger partial charge in [-0.25, -0.2) is 4.98 Å². The number of aryl methyl sites for hydroxylation is 1. The normalized spacial score (nSPS) is 12.3. The number of carbonyl (C=O) groups is 1. The maximum absolute atomic E-state index is 12.3.